The van der Waals surface area contributed by atoms with Crippen molar-refractivity contribution in [3.63, 3.8) is 0 Å². The number of hydrogen-bond acceptors (Lipinski definition) is 6. The highest BCUT2D eigenvalue weighted by Crippen LogP contribution is 2.39. The number of nitrogens with one attached hydrogen (secondary N) is 1. The van der Waals surface area contributed by atoms with Gasteiger partial charge in [0.2, 0.25) is 11.7 Å². The van der Waals surface area contributed by atoms with E-state index in [9.17, 15) is 0 Å². The number of aromatic nitrogens is 2. The van der Waals surface area contributed by atoms with Crippen LogP contribution in [0.2, 0.25) is 0 Å². The van der Waals surface area contributed by atoms with Crippen molar-refractivity contribution in [3.8, 4) is 0 Å². The van der Waals surface area contributed by atoms with Gasteiger partial charge < -0.3 is 4.52 Å². The number of aliphatic imine (C=N–C) groups is 1. The highest BCUT2D eigenvalue weighted by atomic mass is 16.5. The van der Waals surface area contributed by atoms with Crippen molar-refractivity contribution in [2.24, 2.45) is 4.99 Å². The fourth-order valence-corrected chi connectivity index (χ4v) is 3.34. The number of anilines is 1. The number of rotatable bonds is 3. The molecule has 0 spiro atoms. The predicted octanol–water partition coefficient (Wildman–Crippen LogP) is 1.17. The first-order valence-corrected chi connectivity index (χ1v) is 8.25. The Kier molecular flexibility index (Phi) is 2.89. The van der Waals surface area contributed by atoms with Gasteiger partial charge in [-0.15, -0.1) is 0 Å². The molecule has 1 N–H and O–H groups in total. The van der Waals surface area contributed by atoms with Crippen molar-refractivity contribution in [2.45, 2.75) is 18.8 Å². The summed E-state index contributed by atoms with van der Waals surface area (Å²) in [5.41, 5.74) is 4.38. The summed E-state index contributed by atoms with van der Waals surface area (Å²) in [6.45, 7) is 0.752. The molecule has 1 atom stereocenters. The van der Waals surface area contributed by atoms with Crippen LogP contribution < -0.4 is 9.91 Å². The highest BCUT2D eigenvalue weighted by Gasteiger charge is 2.39. The van der Waals surface area contributed by atoms with E-state index in [2.05, 4.69) is 63.5 Å². The van der Waals surface area contributed by atoms with Gasteiger partial charge in [0.25, 0.3) is 0 Å². The monoisotopic (exact) mass is 323 g/mol. The minimum atomic E-state index is 0.455. The Morgan fingerprint density at radius 1 is 1.25 bits per heavy atom. The van der Waals surface area contributed by atoms with Gasteiger partial charge in [0.1, 0.15) is 12.2 Å². The van der Waals surface area contributed by atoms with E-state index in [1.165, 1.54) is 11.4 Å². The molecule has 2 aliphatic heterocycles. The van der Waals surface area contributed by atoms with Gasteiger partial charge in [-0.25, -0.2) is 9.91 Å². The standard InChI is InChI=1S/C17H18N6O/c1-21(2)23-9-14-15(16-19-17(24-20-16)11-7-8-11)18-10-22(14)12-5-3-4-6-13(12)23/h3-6,10-11H,7-9H2,1-2H3/p+1. The van der Waals surface area contributed by atoms with Gasteiger partial charge in [0.15, 0.2) is 23.4 Å². The molecule has 3 heterocycles. The molecule has 5 rings (SSSR count). The van der Waals surface area contributed by atoms with Crippen LogP contribution in [0.5, 0.6) is 0 Å². The molecule has 7 nitrogen and oxygen atoms in total. The molecule has 1 fully saturated rings. The summed E-state index contributed by atoms with van der Waals surface area (Å²) in [5.74, 6) is 1.81. The predicted molar refractivity (Wildman–Crippen MR) is 89.8 cm³/mol. The summed E-state index contributed by atoms with van der Waals surface area (Å²) in [7, 11) is 4.11. The summed E-state index contributed by atoms with van der Waals surface area (Å²) >= 11 is 0. The summed E-state index contributed by atoms with van der Waals surface area (Å²) in [5, 5.41) is 8.52. The lowest BCUT2D eigenvalue weighted by atomic mass is 10.1. The third-order valence-corrected chi connectivity index (χ3v) is 4.78. The second-order valence-corrected chi connectivity index (χ2v) is 6.65. The van der Waals surface area contributed by atoms with E-state index in [1.54, 1.807) is 0 Å². The first kappa shape index (κ1) is 13.9. The van der Waals surface area contributed by atoms with Crippen LogP contribution in [0.3, 0.4) is 0 Å². The first-order chi connectivity index (χ1) is 11.7. The SMILES string of the molecule is CN(C)N1CC2=C(c3noc(C4CC4)n3)N=C[NH+]2c2ccccc21. The summed E-state index contributed by atoms with van der Waals surface area (Å²) in [6.07, 6.45) is 4.23. The lowest BCUT2D eigenvalue weighted by molar-refractivity contribution is -0.674. The molecular weight excluding hydrogens is 304 g/mol. The Bertz CT molecular complexity index is 863. The van der Waals surface area contributed by atoms with Crippen molar-refractivity contribution >= 4 is 23.4 Å². The molecule has 2 aromatic rings. The number of benzene rings is 1. The zero-order chi connectivity index (χ0) is 16.3. The maximum atomic E-state index is 5.42. The van der Waals surface area contributed by atoms with Crippen LogP contribution in [0.1, 0.15) is 30.5 Å². The molecule has 0 bridgehead atoms. The quantitative estimate of drug-likeness (QED) is 0.919. The van der Waals surface area contributed by atoms with E-state index in [1.807, 2.05) is 6.34 Å². The molecule has 0 radical (unpaired) electrons. The largest absolute Gasteiger partial charge is 0.339 e. The second-order valence-electron chi connectivity index (χ2n) is 6.65. The van der Waals surface area contributed by atoms with E-state index >= 15 is 0 Å². The Morgan fingerprint density at radius 3 is 2.88 bits per heavy atom. The fourth-order valence-electron chi connectivity index (χ4n) is 3.34. The average Bonchev–Trinajstić information content (AvgIpc) is 3.17. The van der Waals surface area contributed by atoms with E-state index in [0.29, 0.717) is 11.7 Å². The van der Waals surface area contributed by atoms with Crippen molar-refractivity contribution in [1.82, 2.24) is 15.1 Å². The summed E-state index contributed by atoms with van der Waals surface area (Å²) in [6, 6.07) is 8.42. The summed E-state index contributed by atoms with van der Waals surface area (Å²) in [4.78, 5) is 10.4. The van der Waals surface area contributed by atoms with Crippen LogP contribution in [-0.4, -0.2) is 42.1 Å². The van der Waals surface area contributed by atoms with Gasteiger partial charge in [-0.3, -0.25) is 5.01 Å². The van der Waals surface area contributed by atoms with Gasteiger partial charge in [0.05, 0.1) is 0 Å². The van der Waals surface area contributed by atoms with Crippen LogP contribution in [0.25, 0.3) is 5.70 Å². The normalized spacial score (nSPS) is 22.3. The molecule has 1 aromatic carbocycles. The van der Waals surface area contributed by atoms with E-state index in [-0.39, 0.29) is 0 Å². The molecule has 0 saturated heterocycles. The third kappa shape index (κ3) is 2.02. The molecule has 1 aliphatic carbocycles. The van der Waals surface area contributed by atoms with Crippen LogP contribution in [0.15, 0.2) is 39.5 Å². The lowest BCUT2D eigenvalue weighted by Crippen LogP contribution is -3.05. The van der Waals surface area contributed by atoms with Crippen LogP contribution >= 0.6 is 0 Å². The number of hydrazine groups is 1. The molecule has 1 unspecified atom stereocenters. The zero-order valence-electron chi connectivity index (χ0n) is 13.7. The van der Waals surface area contributed by atoms with E-state index in [4.69, 9.17) is 4.52 Å². The number of quaternary nitrogens is 1. The van der Waals surface area contributed by atoms with Crippen LogP contribution in [0.4, 0.5) is 11.4 Å². The molecule has 1 aromatic heterocycles. The number of nitrogens with zero attached hydrogens (tertiary/aromatic N) is 5. The van der Waals surface area contributed by atoms with Gasteiger partial charge in [0, 0.05) is 26.1 Å². The van der Waals surface area contributed by atoms with Gasteiger partial charge >= 0.3 is 0 Å². The van der Waals surface area contributed by atoms with Gasteiger partial charge in [-0.1, -0.05) is 17.3 Å². The van der Waals surface area contributed by atoms with Gasteiger partial charge in [-0.05, 0) is 18.9 Å². The number of para-hydroxylation sites is 2. The minimum absolute atomic E-state index is 0.455. The molecule has 122 valence electrons. The zero-order valence-corrected chi connectivity index (χ0v) is 13.7. The fraction of sp³-hybridized carbons (Fsp3) is 0.353. The number of hydrogen-bond donors (Lipinski definition) is 1. The summed E-state index contributed by atoms with van der Waals surface area (Å²) < 4.78 is 5.42. The molecular formula is C17H19N6O+. The van der Waals surface area contributed by atoms with Crippen LogP contribution in [-0.2, 0) is 0 Å². The first-order valence-electron chi connectivity index (χ1n) is 8.25. The van der Waals surface area contributed by atoms with E-state index < -0.39 is 0 Å². The molecule has 1 saturated carbocycles. The van der Waals surface area contributed by atoms with Crippen molar-refractivity contribution in [2.75, 3.05) is 25.6 Å². The maximum absolute atomic E-state index is 5.42. The van der Waals surface area contributed by atoms with E-state index in [0.717, 1.165) is 41.6 Å². The smallest absolute Gasteiger partial charge is 0.230 e. The van der Waals surface area contributed by atoms with Crippen molar-refractivity contribution < 1.29 is 9.42 Å². The molecule has 0 amide bonds. The third-order valence-electron chi connectivity index (χ3n) is 4.78. The average molecular weight is 323 g/mol. The van der Waals surface area contributed by atoms with Gasteiger partial charge in [-0.2, -0.15) is 9.98 Å². The topological polar surface area (TPSA) is 62.2 Å². The molecule has 24 heavy (non-hydrogen) atoms. The number of fused-ring (bicyclic) bond motifs is 3. The van der Waals surface area contributed by atoms with Crippen molar-refractivity contribution in [1.29, 1.82) is 0 Å². The minimum Gasteiger partial charge on any atom is -0.339 e. The highest BCUT2D eigenvalue weighted by molar-refractivity contribution is 5.79. The maximum Gasteiger partial charge on any atom is 0.230 e. The van der Waals surface area contributed by atoms with Crippen molar-refractivity contribution in [3.05, 3.63) is 41.7 Å². The molecule has 3 aliphatic rings. The Morgan fingerprint density at radius 2 is 2.08 bits per heavy atom. The second kappa shape index (κ2) is 4.99. The van der Waals surface area contributed by atoms with Crippen LogP contribution in [0, 0.1) is 0 Å². The molecule has 7 heteroatoms. The Hall–Kier alpha value is -2.51. The Balaban J connectivity index is 1.60. The Labute approximate surface area is 139 Å². The lowest BCUT2D eigenvalue weighted by Gasteiger charge is -2.36.